The normalized spacial score (nSPS) is 11.7. The Morgan fingerprint density at radius 3 is 2.73 bits per heavy atom. The number of benzene rings is 1. The van der Waals surface area contributed by atoms with E-state index in [1.165, 1.54) is 0 Å². The summed E-state index contributed by atoms with van der Waals surface area (Å²) in [6.07, 6.45) is 5.71. The van der Waals surface area contributed by atoms with E-state index in [2.05, 4.69) is 5.92 Å². The van der Waals surface area contributed by atoms with Crippen molar-refractivity contribution in [1.82, 2.24) is 0 Å². The van der Waals surface area contributed by atoms with E-state index in [-0.39, 0.29) is 6.42 Å². The largest absolute Gasteiger partial charge is 0.481 e. The predicted molar refractivity (Wildman–Crippen MR) is 59.7 cm³/mol. The van der Waals surface area contributed by atoms with Gasteiger partial charge in [0.05, 0.1) is 5.92 Å². The smallest absolute Gasteiger partial charge is 0.307 e. The number of rotatable bonds is 4. The van der Waals surface area contributed by atoms with Gasteiger partial charge in [-0.15, -0.1) is 12.3 Å². The molecule has 0 saturated heterocycles. The van der Waals surface area contributed by atoms with Crippen molar-refractivity contribution in [2.24, 2.45) is 5.92 Å². The summed E-state index contributed by atoms with van der Waals surface area (Å²) in [7, 11) is 0. The van der Waals surface area contributed by atoms with Crippen LogP contribution in [0.25, 0.3) is 0 Å². The lowest BCUT2D eigenvalue weighted by Crippen LogP contribution is -2.16. The third-order valence-electron chi connectivity index (χ3n) is 2.14. The molecule has 0 fully saturated rings. The standard InChI is InChI=1S/C12H11ClO2/c1-2-5-10(12(14)15)8-9-6-3-4-7-11(9)13/h1,3-4,6-7,10H,5,8H2,(H,14,15). The van der Waals surface area contributed by atoms with Gasteiger partial charge in [-0.1, -0.05) is 29.8 Å². The monoisotopic (exact) mass is 222 g/mol. The first-order valence-corrected chi connectivity index (χ1v) is 4.92. The van der Waals surface area contributed by atoms with Crippen molar-refractivity contribution in [2.45, 2.75) is 12.8 Å². The summed E-state index contributed by atoms with van der Waals surface area (Å²) in [6.45, 7) is 0. The lowest BCUT2D eigenvalue weighted by atomic mass is 9.97. The van der Waals surface area contributed by atoms with Crippen molar-refractivity contribution in [3.63, 3.8) is 0 Å². The number of halogens is 1. The molecule has 0 aliphatic heterocycles. The summed E-state index contributed by atoms with van der Waals surface area (Å²) < 4.78 is 0. The molecule has 0 amide bonds. The van der Waals surface area contributed by atoms with Crippen molar-refractivity contribution < 1.29 is 9.90 Å². The fourth-order valence-corrected chi connectivity index (χ4v) is 1.53. The molecule has 0 radical (unpaired) electrons. The minimum Gasteiger partial charge on any atom is -0.481 e. The lowest BCUT2D eigenvalue weighted by Gasteiger charge is -2.10. The number of carboxylic acid groups (broad SMARTS) is 1. The summed E-state index contributed by atoms with van der Waals surface area (Å²) in [5.41, 5.74) is 0.821. The fraction of sp³-hybridized carbons (Fsp3) is 0.250. The van der Waals surface area contributed by atoms with Gasteiger partial charge in [0.2, 0.25) is 0 Å². The lowest BCUT2D eigenvalue weighted by molar-refractivity contribution is -0.141. The van der Waals surface area contributed by atoms with E-state index < -0.39 is 11.9 Å². The maximum absolute atomic E-state index is 10.9. The molecule has 0 heterocycles. The first-order valence-electron chi connectivity index (χ1n) is 4.55. The van der Waals surface area contributed by atoms with Gasteiger partial charge in [0, 0.05) is 11.4 Å². The first kappa shape index (κ1) is 11.6. The van der Waals surface area contributed by atoms with Gasteiger partial charge in [-0.3, -0.25) is 4.79 Å². The minimum absolute atomic E-state index is 0.223. The fourth-order valence-electron chi connectivity index (χ4n) is 1.32. The third kappa shape index (κ3) is 3.30. The highest BCUT2D eigenvalue weighted by molar-refractivity contribution is 6.31. The van der Waals surface area contributed by atoms with Crippen LogP contribution in [0, 0.1) is 18.3 Å². The van der Waals surface area contributed by atoms with Gasteiger partial charge in [-0.25, -0.2) is 0 Å². The Morgan fingerprint density at radius 1 is 1.53 bits per heavy atom. The molecular formula is C12H11ClO2. The molecule has 1 unspecified atom stereocenters. The van der Waals surface area contributed by atoms with Crippen LogP contribution in [0.15, 0.2) is 24.3 Å². The van der Waals surface area contributed by atoms with Gasteiger partial charge in [-0.05, 0) is 18.1 Å². The average Bonchev–Trinajstić information content (AvgIpc) is 2.20. The molecular weight excluding hydrogens is 212 g/mol. The van der Waals surface area contributed by atoms with E-state index >= 15 is 0 Å². The van der Waals surface area contributed by atoms with Crippen molar-refractivity contribution in [3.8, 4) is 12.3 Å². The Labute approximate surface area is 93.9 Å². The Kier molecular flexibility index (Phi) is 4.20. The Balaban J connectivity index is 2.79. The van der Waals surface area contributed by atoms with E-state index in [0.29, 0.717) is 11.4 Å². The van der Waals surface area contributed by atoms with Crippen LogP contribution in [0.4, 0.5) is 0 Å². The van der Waals surface area contributed by atoms with E-state index in [1.54, 1.807) is 6.07 Å². The van der Waals surface area contributed by atoms with Crippen LogP contribution >= 0.6 is 11.6 Å². The third-order valence-corrected chi connectivity index (χ3v) is 2.51. The summed E-state index contributed by atoms with van der Waals surface area (Å²) in [6, 6.07) is 7.19. The van der Waals surface area contributed by atoms with E-state index in [9.17, 15) is 4.79 Å². The maximum Gasteiger partial charge on any atom is 0.307 e. The van der Waals surface area contributed by atoms with Crippen molar-refractivity contribution >= 4 is 17.6 Å². The number of aliphatic carboxylic acids is 1. The van der Waals surface area contributed by atoms with Gasteiger partial charge in [0.1, 0.15) is 0 Å². The Bertz CT molecular complexity index is 393. The van der Waals surface area contributed by atoms with E-state index in [0.717, 1.165) is 5.56 Å². The highest BCUT2D eigenvalue weighted by Crippen LogP contribution is 2.20. The second kappa shape index (κ2) is 5.43. The highest BCUT2D eigenvalue weighted by atomic mass is 35.5. The van der Waals surface area contributed by atoms with E-state index in [1.807, 2.05) is 18.2 Å². The molecule has 0 aromatic heterocycles. The van der Waals surface area contributed by atoms with Gasteiger partial charge < -0.3 is 5.11 Å². The van der Waals surface area contributed by atoms with Crippen LogP contribution in [-0.4, -0.2) is 11.1 Å². The zero-order valence-electron chi connectivity index (χ0n) is 8.11. The predicted octanol–water partition coefficient (Wildman–Crippen LogP) is 2.61. The molecule has 0 spiro atoms. The molecule has 1 N–H and O–H groups in total. The quantitative estimate of drug-likeness (QED) is 0.796. The zero-order valence-corrected chi connectivity index (χ0v) is 8.87. The topological polar surface area (TPSA) is 37.3 Å². The molecule has 1 rings (SSSR count). The molecule has 0 aliphatic carbocycles. The SMILES string of the molecule is C#CCC(Cc1ccccc1Cl)C(=O)O. The van der Waals surface area contributed by atoms with Crippen molar-refractivity contribution in [1.29, 1.82) is 0 Å². The van der Waals surface area contributed by atoms with Gasteiger partial charge in [0.15, 0.2) is 0 Å². The van der Waals surface area contributed by atoms with Crippen LogP contribution in [-0.2, 0) is 11.2 Å². The number of carbonyl (C=O) groups is 1. The van der Waals surface area contributed by atoms with Crippen LogP contribution in [0.2, 0.25) is 5.02 Å². The first-order chi connectivity index (χ1) is 7.15. The Morgan fingerprint density at radius 2 is 2.20 bits per heavy atom. The van der Waals surface area contributed by atoms with Crippen LogP contribution < -0.4 is 0 Å². The molecule has 1 aromatic rings. The number of terminal acetylenes is 1. The molecule has 1 atom stereocenters. The summed E-state index contributed by atoms with van der Waals surface area (Å²) in [5.74, 6) is 0.923. The molecule has 3 heteroatoms. The molecule has 0 bridgehead atoms. The molecule has 1 aromatic carbocycles. The number of hydrogen-bond donors (Lipinski definition) is 1. The molecule has 15 heavy (non-hydrogen) atoms. The Hall–Kier alpha value is -1.46. The minimum atomic E-state index is -0.882. The van der Waals surface area contributed by atoms with Gasteiger partial charge in [0.25, 0.3) is 0 Å². The zero-order chi connectivity index (χ0) is 11.3. The number of hydrogen-bond acceptors (Lipinski definition) is 1. The van der Waals surface area contributed by atoms with E-state index in [4.69, 9.17) is 23.1 Å². The van der Waals surface area contributed by atoms with Crippen molar-refractivity contribution in [2.75, 3.05) is 0 Å². The summed E-state index contributed by atoms with van der Waals surface area (Å²) >= 11 is 5.93. The summed E-state index contributed by atoms with van der Waals surface area (Å²) in [4.78, 5) is 10.9. The number of carboxylic acids is 1. The van der Waals surface area contributed by atoms with Crippen molar-refractivity contribution in [3.05, 3.63) is 34.9 Å². The average molecular weight is 223 g/mol. The van der Waals surface area contributed by atoms with Gasteiger partial charge >= 0.3 is 5.97 Å². The molecule has 0 saturated carbocycles. The second-order valence-electron chi connectivity index (χ2n) is 3.24. The van der Waals surface area contributed by atoms with Gasteiger partial charge in [-0.2, -0.15) is 0 Å². The van der Waals surface area contributed by atoms with Crippen LogP contribution in [0.1, 0.15) is 12.0 Å². The molecule has 0 aliphatic rings. The van der Waals surface area contributed by atoms with Crippen LogP contribution in [0.5, 0.6) is 0 Å². The summed E-state index contributed by atoms with van der Waals surface area (Å²) in [5, 5.41) is 9.50. The molecule has 2 nitrogen and oxygen atoms in total. The highest BCUT2D eigenvalue weighted by Gasteiger charge is 2.17. The molecule has 78 valence electrons. The second-order valence-corrected chi connectivity index (χ2v) is 3.65. The maximum atomic E-state index is 10.9. The van der Waals surface area contributed by atoms with Crippen LogP contribution in [0.3, 0.4) is 0 Å².